The van der Waals surface area contributed by atoms with Crippen molar-refractivity contribution in [2.45, 2.75) is 45.8 Å². The molecule has 4 nitrogen and oxygen atoms in total. The molecule has 0 saturated heterocycles. The third-order valence-corrected chi connectivity index (χ3v) is 3.61. The Morgan fingerprint density at radius 3 is 2.75 bits per heavy atom. The quantitative estimate of drug-likeness (QED) is 0.838. The molecule has 1 aromatic heterocycles. The highest BCUT2D eigenvalue weighted by Crippen LogP contribution is 2.23. The fourth-order valence-corrected chi connectivity index (χ4v) is 2.16. The molecule has 1 rings (SSSR count). The molecule has 0 aliphatic carbocycles. The maximum Gasteiger partial charge on any atom is 0.0738 e. The first kappa shape index (κ1) is 13.7. The summed E-state index contributed by atoms with van der Waals surface area (Å²) in [5.41, 5.74) is 1.98. The predicted octanol–water partition coefficient (Wildman–Crippen LogP) is 1.65. The normalized spacial score (nSPS) is 13.1. The Bertz CT molecular complexity index is 339. The zero-order valence-corrected chi connectivity index (χ0v) is 11.4. The van der Waals surface area contributed by atoms with Crippen LogP contribution in [0.1, 0.15) is 31.2 Å². The Balaban J connectivity index is 2.71. The molecule has 92 valence electrons. The minimum Gasteiger partial charge on any atom is -0.396 e. The minimum absolute atomic E-state index is 0.129. The number of halogens is 1. The second kappa shape index (κ2) is 6.37. The summed E-state index contributed by atoms with van der Waals surface area (Å²) in [6.45, 7) is 4.90. The third-order valence-electron chi connectivity index (χ3n) is 2.58. The topological polar surface area (TPSA) is 58.3 Å². The molecule has 1 unspecified atom stereocenters. The molecular formula is C11H19BrN2O2. The number of aliphatic hydroxyl groups excluding tert-OH is 2. The molecule has 0 radical (unpaired) electrons. The number of hydrogen-bond acceptors (Lipinski definition) is 3. The van der Waals surface area contributed by atoms with Crippen LogP contribution in [-0.4, -0.2) is 32.7 Å². The molecule has 0 amide bonds. The summed E-state index contributed by atoms with van der Waals surface area (Å²) in [5.74, 6) is 0. The smallest absolute Gasteiger partial charge is 0.0738 e. The Labute approximate surface area is 104 Å². The van der Waals surface area contributed by atoms with Gasteiger partial charge < -0.3 is 10.2 Å². The zero-order valence-electron chi connectivity index (χ0n) is 9.78. The lowest BCUT2D eigenvalue weighted by atomic mass is 10.1. The highest BCUT2D eigenvalue weighted by atomic mass is 79.9. The van der Waals surface area contributed by atoms with Crippen LogP contribution in [0, 0.1) is 6.92 Å². The number of rotatable bonds is 6. The van der Waals surface area contributed by atoms with Gasteiger partial charge in [-0.15, -0.1) is 0 Å². The highest BCUT2D eigenvalue weighted by Gasteiger charge is 2.15. The van der Waals surface area contributed by atoms with Gasteiger partial charge in [-0.25, -0.2) is 0 Å². The Hall–Kier alpha value is -0.390. The summed E-state index contributed by atoms with van der Waals surface area (Å²) in [5, 5.41) is 22.9. The van der Waals surface area contributed by atoms with E-state index >= 15 is 0 Å². The highest BCUT2D eigenvalue weighted by molar-refractivity contribution is 9.10. The van der Waals surface area contributed by atoms with Crippen molar-refractivity contribution in [2.24, 2.45) is 0 Å². The van der Waals surface area contributed by atoms with E-state index in [0.29, 0.717) is 19.3 Å². The molecular weight excluding hydrogens is 272 g/mol. The number of nitrogens with zero attached hydrogens (tertiary/aromatic N) is 2. The average Bonchev–Trinajstić information content (AvgIpc) is 2.54. The van der Waals surface area contributed by atoms with Gasteiger partial charge in [0, 0.05) is 19.6 Å². The van der Waals surface area contributed by atoms with E-state index in [2.05, 4.69) is 21.0 Å². The van der Waals surface area contributed by atoms with Gasteiger partial charge in [0.25, 0.3) is 0 Å². The summed E-state index contributed by atoms with van der Waals surface area (Å²) >= 11 is 3.49. The van der Waals surface area contributed by atoms with Gasteiger partial charge in [0.05, 0.1) is 22.0 Å². The van der Waals surface area contributed by atoms with Crippen molar-refractivity contribution in [3.05, 3.63) is 15.9 Å². The van der Waals surface area contributed by atoms with Crippen LogP contribution in [0.5, 0.6) is 0 Å². The maximum atomic E-state index is 9.81. The predicted molar refractivity (Wildman–Crippen MR) is 66.4 cm³/mol. The van der Waals surface area contributed by atoms with Crippen molar-refractivity contribution in [3.8, 4) is 0 Å². The van der Waals surface area contributed by atoms with Crippen LogP contribution >= 0.6 is 15.9 Å². The van der Waals surface area contributed by atoms with Crippen LogP contribution in [-0.2, 0) is 13.0 Å². The summed E-state index contributed by atoms with van der Waals surface area (Å²) in [7, 11) is 0. The van der Waals surface area contributed by atoms with Gasteiger partial charge in [0.15, 0.2) is 0 Å². The van der Waals surface area contributed by atoms with Gasteiger partial charge >= 0.3 is 0 Å². The standard InChI is InChI=1S/C11H19BrN2O2/c1-3-14-10(11(12)8(2)13-14)7-9(16)5-4-6-15/h9,15-16H,3-7H2,1-2H3. The van der Waals surface area contributed by atoms with Gasteiger partial charge in [0.2, 0.25) is 0 Å². The molecule has 2 N–H and O–H groups in total. The van der Waals surface area contributed by atoms with Gasteiger partial charge in [-0.2, -0.15) is 5.10 Å². The molecule has 0 aliphatic rings. The number of aromatic nitrogens is 2. The van der Waals surface area contributed by atoms with E-state index in [9.17, 15) is 5.11 Å². The molecule has 0 aromatic carbocycles. The Kier molecular flexibility index (Phi) is 5.44. The van der Waals surface area contributed by atoms with E-state index in [0.717, 1.165) is 22.4 Å². The fourth-order valence-electron chi connectivity index (χ4n) is 1.72. The van der Waals surface area contributed by atoms with E-state index in [4.69, 9.17) is 5.11 Å². The van der Waals surface area contributed by atoms with Crippen LogP contribution in [0.25, 0.3) is 0 Å². The summed E-state index contributed by atoms with van der Waals surface area (Å²) < 4.78 is 2.89. The van der Waals surface area contributed by atoms with Gasteiger partial charge in [-0.05, 0) is 42.6 Å². The first-order valence-electron chi connectivity index (χ1n) is 5.60. The molecule has 1 heterocycles. The summed E-state index contributed by atoms with van der Waals surface area (Å²) in [6, 6.07) is 0. The monoisotopic (exact) mass is 290 g/mol. The SMILES string of the molecule is CCn1nc(C)c(Br)c1CC(O)CCCO. The van der Waals surface area contributed by atoms with Crippen molar-refractivity contribution in [1.29, 1.82) is 0 Å². The lowest BCUT2D eigenvalue weighted by molar-refractivity contribution is 0.147. The molecule has 1 aromatic rings. The zero-order chi connectivity index (χ0) is 12.1. The maximum absolute atomic E-state index is 9.81. The molecule has 5 heteroatoms. The average molecular weight is 291 g/mol. The lowest BCUT2D eigenvalue weighted by Gasteiger charge is -2.11. The summed E-state index contributed by atoms with van der Waals surface area (Å²) in [4.78, 5) is 0. The van der Waals surface area contributed by atoms with Crippen molar-refractivity contribution in [1.82, 2.24) is 9.78 Å². The lowest BCUT2D eigenvalue weighted by Crippen LogP contribution is -2.15. The van der Waals surface area contributed by atoms with Gasteiger partial charge in [-0.1, -0.05) is 0 Å². The van der Waals surface area contributed by atoms with Crippen molar-refractivity contribution >= 4 is 15.9 Å². The first-order chi connectivity index (χ1) is 7.60. The van der Waals surface area contributed by atoms with Crippen LogP contribution in [0.3, 0.4) is 0 Å². The molecule has 0 spiro atoms. The van der Waals surface area contributed by atoms with Gasteiger partial charge in [-0.3, -0.25) is 4.68 Å². The Morgan fingerprint density at radius 2 is 2.19 bits per heavy atom. The van der Waals surface area contributed by atoms with E-state index in [1.54, 1.807) is 0 Å². The van der Waals surface area contributed by atoms with Crippen LogP contribution in [0.4, 0.5) is 0 Å². The van der Waals surface area contributed by atoms with Crippen LogP contribution < -0.4 is 0 Å². The first-order valence-corrected chi connectivity index (χ1v) is 6.40. The number of hydrogen-bond donors (Lipinski definition) is 2. The fraction of sp³-hybridized carbons (Fsp3) is 0.727. The van der Waals surface area contributed by atoms with Crippen molar-refractivity contribution in [3.63, 3.8) is 0 Å². The molecule has 0 bridgehead atoms. The number of aryl methyl sites for hydroxylation is 2. The van der Waals surface area contributed by atoms with Crippen molar-refractivity contribution in [2.75, 3.05) is 6.61 Å². The molecule has 0 aliphatic heterocycles. The van der Waals surface area contributed by atoms with E-state index in [-0.39, 0.29) is 6.61 Å². The van der Waals surface area contributed by atoms with Crippen molar-refractivity contribution < 1.29 is 10.2 Å². The second-order valence-corrected chi connectivity index (χ2v) is 4.68. The summed E-state index contributed by atoms with van der Waals surface area (Å²) in [6.07, 6.45) is 1.43. The second-order valence-electron chi connectivity index (χ2n) is 3.89. The molecule has 1 atom stereocenters. The molecule has 0 saturated carbocycles. The van der Waals surface area contributed by atoms with E-state index in [1.807, 2.05) is 18.5 Å². The minimum atomic E-state index is -0.412. The third kappa shape index (κ3) is 3.30. The van der Waals surface area contributed by atoms with E-state index in [1.165, 1.54) is 0 Å². The Morgan fingerprint density at radius 1 is 1.50 bits per heavy atom. The molecule has 16 heavy (non-hydrogen) atoms. The molecule has 0 fully saturated rings. The largest absolute Gasteiger partial charge is 0.396 e. The van der Waals surface area contributed by atoms with Gasteiger partial charge in [0.1, 0.15) is 0 Å². The van der Waals surface area contributed by atoms with Crippen LogP contribution in [0.2, 0.25) is 0 Å². The van der Waals surface area contributed by atoms with E-state index < -0.39 is 6.10 Å². The number of aliphatic hydroxyl groups is 2. The van der Waals surface area contributed by atoms with Crippen LogP contribution in [0.15, 0.2) is 4.47 Å².